The number of imidazole rings is 1. The van der Waals surface area contributed by atoms with Crippen molar-refractivity contribution in [2.75, 3.05) is 37.7 Å². The molecule has 0 saturated carbocycles. The molecular weight excluding hydrogens is 388 g/mol. The number of ether oxygens (including phenoxy) is 1. The van der Waals surface area contributed by atoms with Crippen LogP contribution in [0.15, 0.2) is 36.7 Å². The molecule has 10 nitrogen and oxygen atoms in total. The van der Waals surface area contributed by atoms with Crippen molar-refractivity contribution < 1.29 is 14.5 Å². The van der Waals surface area contributed by atoms with Crippen LogP contribution in [0.5, 0.6) is 5.75 Å². The van der Waals surface area contributed by atoms with Crippen LogP contribution >= 0.6 is 0 Å². The number of nitrogens with zero attached hydrogens (tertiary/aromatic N) is 6. The maximum atomic E-state index is 13.2. The van der Waals surface area contributed by atoms with Crippen molar-refractivity contribution in [3.63, 3.8) is 0 Å². The van der Waals surface area contributed by atoms with Gasteiger partial charge in [0.2, 0.25) is 0 Å². The van der Waals surface area contributed by atoms with Crippen molar-refractivity contribution >= 4 is 23.1 Å². The number of nitro groups is 1. The van der Waals surface area contributed by atoms with Crippen LogP contribution in [0.4, 0.5) is 11.5 Å². The number of aromatic nitrogens is 3. The Hall–Kier alpha value is -3.69. The standard InChI is InChI=1S/C20H22N6O4/c1-3-30-16-5-4-8-25-18(14(2)22-19(16)25)20(27)24-11-9-23(10-12-24)17-7-6-15(13-21-17)26(28)29/h4-8,13H,3,9-12H2,1-2H3. The molecule has 0 atom stereocenters. The molecule has 0 unspecified atom stereocenters. The van der Waals surface area contributed by atoms with E-state index < -0.39 is 4.92 Å². The summed E-state index contributed by atoms with van der Waals surface area (Å²) < 4.78 is 7.42. The monoisotopic (exact) mass is 410 g/mol. The number of hydrogen-bond acceptors (Lipinski definition) is 7. The summed E-state index contributed by atoms with van der Waals surface area (Å²) in [7, 11) is 0. The fourth-order valence-electron chi connectivity index (χ4n) is 3.64. The third-order valence-electron chi connectivity index (χ3n) is 5.12. The summed E-state index contributed by atoms with van der Waals surface area (Å²) >= 11 is 0. The SMILES string of the molecule is CCOc1cccn2c(C(=O)N3CCN(c4ccc([N+](=O)[O-])cn4)CC3)c(C)nc12. The summed E-state index contributed by atoms with van der Waals surface area (Å²) in [5, 5.41) is 10.8. The summed E-state index contributed by atoms with van der Waals surface area (Å²) in [5.41, 5.74) is 1.79. The first kappa shape index (κ1) is 19.6. The number of fused-ring (bicyclic) bond motifs is 1. The van der Waals surface area contributed by atoms with Gasteiger partial charge in [-0.05, 0) is 32.0 Å². The molecule has 3 aromatic rings. The van der Waals surface area contributed by atoms with Gasteiger partial charge in [-0.15, -0.1) is 0 Å². The molecule has 0 N–H and O–H groups in total. The van der Waals surface area contributed by atoms with E-state index in [1.165, 1.54) is 12.3 Å². The molecule has 0 aromatic carbocycles. The fourth-order valence-corrected chi connectivity index (χ4v) is 3.64. The number of carbonyl (C=O) groups is 1. The van der Waals surface area contributed by atoms with Crippen molar-refractivity contribution in [3.8, 4) is 5.75 Å². The number of hydrogen-bond donors (Lipinski definition) is 0. The highest BCUT2D eigenvalue weighted by Crippen LogP contribution is 2.24. The second kappa shape index (κ2) is 7.97. The van der Waals surface area contributed by atoms with Crippen molar-refractivity contribution in [1.82, 2.24) is 19.3 Å². The zero-order valence-electron chi connectivity index (χ0n) is 16.8. The highest BCUT2D eigenvalue weighted by atomic mass is 16.6. The Morgan fingerprint density at radius 3 is 2.63 bits per heavy atom. The van der Waals surface area contributed by atoms with Crippen LogP contribution in [0.25, 0.3) is 5.65 Å². The van der Waals surface area contributed by atoms with E-state index >= 15 is 0 Å². The Labute approximate surface area is 172 Å². The van der Waals surface area contributed by atoms with Gasteiger partial charge in [0.25, 0.3) is 11.6 Å². The van der Waals surface area contributed by atoms with Gasteiger partial charge in [0.15, 0.2) is 11.4 Å². The number of rotatable bonds is 5. The lowest BCUT2D eigenvalue weighted by Gasteiger charge is -2.35. The van der Waals surface area contributed by atoms with Gasteiger partial charge in [-0.2, -0.15) is 0 Å². The molecule has 4 heterocycles. The lowest BCUT2D eigenvalue weighted by molar-refractivity contribution is -0.385. The Bertz CT molecular complexity index is 1090. The van der Waals surface area contributed by atoms with E-state index in [-0.39, 0.29) is 11.6 Å². The first-order chi connectivity index (χ1) is 14.5. The highest BCUT2D eigenvalue weighted by molar-refractivity contribution is 5.95. The molecule has 0 aliphatic carbocycles. The van der Waals surface area contributed by atoms with Crippen molar-refractivity contribution in [2.45, 2.75) is 13.8 Å². The summed E-state index contributed by atoms with van der Waals surface area (Å²) in [6.45, 7) is 6.49. The molecule has 1 saturated heterocycles. The van der Waals surface area contributed by atoms with Gasteiger partial charge < -0.3 is 14.5 Å². The Kier molecular flexibility index (Phi) is 5.21. The minimum absolute atomic E-state index is 0.0397. The van der Waals surface area contributed by atoms with Crippen molar-refractivity contribution in [1.29, 1.82) is 0 Å². The van der Waals surface area contributed by atoms with Crippen molar-refractivity contribution in [3.05, 3.63) is 58.2 Å². The molecule has 1 aliphatic heterocycles. The van der Waals surface area contributed by atoms with Crippen LogP contribution in [0, 0.1) is 17.0 Å². The summed E-state index contributed by atoms with van der Waals surface area (Å²) in [6.07, 6.45) is 3.08. The lowest BCUT2D eigenvalue weighted by Crippen LogP contribution is -2.49. The van der Waals surface area contributed by atoms with Gasteiger partial charge in [-0.1, -0.05) is 0 Å². The predicted octanol–water partition coefficient (Wildman–Crippen LogP) is 2.31. The summed E-state index contributed by atoms with van der Waals surface area (Å²) in [6, 6.07) is 6.76. The van der Waals surface area contributed by atoms with Crippen LogP contribution in [-0.2, 0) is 0 Å². The van der Waals surface area contributed by atoms with Gasteiger partial charge >= 0.3 is 0 Å². The van der Waals surface area contributed by atoms with Gasteiger partial charge in [0.05, 0.1) is 17.2 Å². The van der Waals surface area contributed by atoms with Crippen LogP contribution in [0.2, 0.25) is 0 Å². The molecule has 1 fully saturated rings. The van der Waals surface area contributed by atoms with E-state index in [0.29, 0.717) is 61.4 Å². The zero-order valence-corrected chi connectivity index (χ0v) is 16.8. The number of amides is 1. The molecule has 156 valence electrons. The van der Waals surface area contributed by atoms with E-state index in [1.54, 1.807) is 15.4 Å². The van der Waals surface area contributed by atoms with Crippen molar-refractivity contribution in [2.24, 2.45) is 0 Å². The second-order valence-electron chi connectivity index (χ2n) is 6.96. The lowest BCUT2D eigenvalue weighted by atomic mass is 10.2. The Morgan fingerprint density at radius 2 is 2.00 bits per heavy atom. The molecule has 0 bridgehead atoms. The Morgan fingerprint density at radius 1 is 1.23 bits per heavy atom. The van der Waals surface area contributed by atoms with Crippen LogP contribution in [0.1, 0.15) is 23.1 Å². The molecule has 4 rings (SSSR count). The molecule has 10 heteroatoms. The van der Waals surface area contributed by atoms with Crippen LogP contribution in [-0.4, -0.2) is 62.9 Å². The minimum Gasteiger partial charge on any atom is -0.490 e. The fraction of sp³-hybridized carbons (Fsp3) is 0.350. The molecule has 0 radical (unpaired) electrons. The number of piperazine rings is 1. The summed E-state index contributed by atoms with van der Waals surface area (Å²) in [4.78, 5) is 36.1. The van der Waals surface area contributed by atoms with Gasteiger partial charge in [-0.25, -0.2) is 9.97 Å². The van der Waals surface area contributed by atoms with E-state index in [4.69, 9.17) is 4.74 Å². The smallest absolute Gasteiger partial charge is 0.287 e. The third-order valence-corrected chi connectivity index (χ3v) is 5.12. The maximum Gasteiger partial charge on any atom is 0.287 e. The molecule has 1 amide bonds. The largest absolute Gasteiger partial charge is 0.490 e. The number of aryl methyl sites for hydroxylation is 1. The molecule has 30 heavy (non-hydrogen) atoms. The number of anilines is 1. The molecular formula is C20H22N6O4. The maximum absolute atomic E-state index is 13.2. The van der Waals surface area contributed by atoms with E-state index in [2.05, 4.69) is 9.97 Å². The van der Waals surface area contributed by atoms with E-state index in [9.17, 15) is 14.9 Å². The van der Waals surface area contributed by atoms with Gasteiger partial charge in [0, 0.05) is 38.4 Å². The normalized spacial score (nSPS) is 14.2. The molecule has 1 aliphatic rings. The van der Waals surface area contributed by atoms with Gasteiger partial charge in [0.1, 0.15) is 17.7 Å². The summed E-state index contributed by atoms with van der Waals surface area (Å²) in [5.74, 6) is 1.24. The quantitative estimate of drug-likeness (QED) is 0.469. The second-order valence-corrected chi connectivity index (χ2v) is 6.96. The molecule has 3 aromatic heterocycles. The van der Waals surface area contributed by atoms with E-state index in [0.717, 1.165) is 0 Å². The highest BCUT2D eigenvalue weighted by Gasteiger charge is 2.27. The van der Waals surface area contributed by atoms with Crippen LogP contribution < -0.4 is 9.64 Å². The first-order valence-corrected chi connectivity index (χ1v) is 9.74. The van der Waals surface area contributed by atoms with E-state index in [1.807, 2.05) is 37.1 Å². The number of pyridine rings is 2. The average Bonchev–Trinajstić information content (AvgIpc) is 3.10. The molecule has 0 spiro atoms. The number of carbonyl (C=O) groups excluding carboxylic acids is 1. The predicted molar refractivity (Wildman–Crippen MR) is 110 cm³/mol. The first-order valence-electron chi connectivity index (χ1n) is 9.74. The topological polar surface area (TPSA) is 106 Å². The third kappa shape index (κ3) is 3.51. The average molecular weight is 410 g/mol. The van der Waals surface area contributed by atoms with Crippen LogP contribution in [0.3, 0.4) is 0 Å². The minimum atomic E-state index is -0.470. The van der Waals surface area contributed by atoms with Gasteiger partial charge in [-0.3, -0.25) is 19.3 Å². The Balaban J connectivity index is 1.50. The zero-order chi connectivity index (χ0) is 21.3.